The number of para-hydroxylation sites is 3. The van der Waals surface area contributed by atoms with Gasteiger partial charge in [-0.25, -0.2) is 15.0 Å². The van der Waals surface area contributed by atoms with Gasteiger partial charge in [-0.15, -0.1) is 11.3 Å². The van der Waals surface area contributed by atoms with Crippen LogP contribution in [0, 0.1) is 0 Å². The second-order valence-electron chi connectivity index (χ2n) is 15.5. The molecular formula is C53H29N5OS. The Morgan fingerprint density at radius 3 is 1.97 bits per heavy atom. The first-order valence-corrected chi connectivity index (χ1v) is 20.9. The second kappa shape index (κ2) is 11.9. The minimum atomic E-state index is 0.591. The smallest absolute Gasteiger partial charge is 0.166 e. The van der Waals surface area contributed by atoms with Gasteiger partial charge in [-0.05, 0) is 53.9 Å². The van der Waals surface area contributed by atoms with Gasteiger partial charge >= 0.3 is 0 Å². The lowest BCUT2D eigenvalue weighted by Gasteiger charge is -2.15. The zero-order chi connectivity index (χ0) is 39.1. The summed E-state index contributed by atoms with van der Waals surface area (Å²) in [4.78, 5) is 17.1. The Labute approximate surface area is 345 Å². The molecule has 0 fully saturated rings. The highest BCUT2D eigenvalue weighted by atomic mass is 32.1. The first kappa shape index (κ1) is 32.1. The number of furan rings is 1. The topological polar surface area (TPSA) is 61.2 Å². The van der Waals surface area contributed by atoms with Crippen LogP contribution < -0.4 is 0 Å². The fourth-order valence-corrected chi connectivity index (χ4v) is 11.1. The molecule has 7 heteroatoms. The zero-order valence-corrected chi connectivity index (χ0v) is 32.6. The second-order valence-corrected chi connectivity index (χ2v) is 16.5. The quantitative estimate of drug-likeness (QED) is 0.178. The van der Waals surface area contributed by atoms with E-state index in [-0.39, 0.29) is 0 Å². The Bertz CT molecular complexity index is 4080. The predicted octanol–water partition coefficient (Wildman–Crippen LogP) is 14.2. The molecule has 0 unspecified atom stereocenters. The van der Waals surface area contributed by atoms with Gasteiger partial charge in [0.15, 0.2) is 17.5 Å². The maximum atomic E-state index is 6.33. The number of hydrogen-bond acceptors (Lipinski definition) is 5. The van der Waals surface area contributed by atoms with Crippen LogP contribution in [0.2, 0.25) is 0 Å². The predicted molar refractivity (Wildman–Crippen MR) is 248 cm³/mol. The molecule has 0 bridgehead atoms. The van der Waals surface area contributed by atoms with Crippen molar-refractivity contribution in [2.24, 2.45) is 0 Å². The summed E-state index contributed by atoms with van der Waals surface area (Å²) in [5, 5.41) is 10.8. The molecule has 0 saturated carbocycles. The van der Waals surface area contributed by atoms with Gasteiger partial charge in [0.2, 0.25) is 0 Å². The number of benzene rings is 8. The van der Waals surface area contributed by atoms with Crippen molar-refractivity contribution in [2.45, 2.75) is 0 Å². The fourth-order valence-electron chi connectivity index (χ4n) is 9.88. The molecule has 8 aromatic carbocycles. The molecule has 0 aliphatic rings. The van der Waals surface area contributed by atoms with Gasteiger partial charge in [0, 0.05) is 64.5 Å². The summed E-state index contributed by atoms with van der Waals surface area (Å²) in [5.74, 6) is 1.80. The maximum Gasteiger partial charge on any atom is 0.166 e. The standard InChI is InChI=1S/C53H29N5OS/c1-2-14-30(15-3-1)50-54-51(56-52(55-50)37-21-13-26-43-45(37)34-18-6-10-25-42(34)59-43)33-17-5-9-23-39(33)57-40-24-12-20-32-31-16-4-8-22-38(31)58-49-36(28-29-41(57)48(49)47(32)40)46-35-19-7-11-27-44(35)60-53(46)58/h1-29H. The third kappa shape index (κ3) is 4.23. The maximum absolute atomic E-state index is 6.33. The Morgan fingerprint density at radius 2 is 1.05 bits per heavy atom. The summed E-state index contributed by atoms with van der Waals surface area (Å²) in [7, 11) is 0. The van der Waals surface area contributed by atoms with Crippen molar-refractivity contribution in [3.05, 3.63) is 176 Å². The summed E-state index contributed by atoms with van der Waals surface area (Å²) in [6.07, 6.45) is 0. The largest absolute Gasteiger partial charge is 0.456 e. The number of aromatic nitrogens is 5. The first-order chi connectivity index (χ1) is 29.8. The van der Waals surface area contributed by atoms with E-state index < -0.39 is 0 Å². The van der Waals surface area contributed by atoms with Crippen LogP contribution in [-0.4, -0.2) is 23.9 Å². The lowest BCUT2D eigenvalue weighted by molar-refractivity contribution is 0.669. The molecule has 6 heterocycles. The Balaban J connectivity index is 1.10. The summed E-state index contributed by atoms with van der Waals surface area (Å²) in [6.45, 7) is 0. The van der Waals surface area contributed by atoms with E-state index in [9.17, 15) is 0 Å². The van der Waals surface area contributed by atoms with Crippen LogP contribution in [0.4, 0.5) is 0 Å². The molecule has 0 spiro atoms. The number of thiophene rings is 1. The Kier molecular flexibility index (Phi) is 6.35. The Hall–Kier alpha value is -7.87. The lowest BCUT2D eigenvalue weighted by Crippen LogP contribution is -2.03. The number of nitrogens with zero attached hydrogens (tertiary/aromatic N) is 5. The van der Waals surface area contributed by atoms with E-state index in [1.54, 1.807) is 0 Å². The van der Waals surface area contributed by atoms with Gasteiger partial charge in [0.25, 0.3) is 0 Å². The van der Waals surface area contributed by atoms with Crippen LogP contribution in [0.3, 0.4) is 0 Å². The zero-order valence-electron chi connectivity index (χ0n) is 31.8. The van der Waals surface area contributed by atoms with Crippen molar-refractivity contribution in [3.63, 3.8) is 0 Å². The van der Waals surface area contributed by atoms with E-state index in [0.717, 1.165) is 55.3 Å². The molecule has 0 aliphatic carbocycles. The van der Waals surface area contributed by atoms with Crippen LogP contribution in [-0.2, 0) is 0 Å². The molecule has 6 nitrogen and oxygen atoms in total. The monoisotopic (exact) mass is 783 g/mol. The SMILES string of the molecule is c1ccc(-c2nc(-c3ccccc3-n3c4cccc5c6ccccc6n6c7sc8ccccc8c7c7ccc3c(c54)c76)nc(-c3cccc4oc5ccccc5c34)n2)cc1. The molecule has 0 saturated heterocycles. The highest BCUT2D eigenvalue weighted by Crippen LogP contribution is 2.49. The van der Waals surface area contributed by atoms with Crippen LogP contribution in [0.1, 0.15) is 0 Å². The van der Waals surface area contributed by atoms with Crippen LogP contribution >= 0.6 is 11.3 Å². The molecule has 278 valence electrons. The molecular weight excluding hydrogens is 755 g/mol. The van der Waals surface area contributed by atoms with Gasteiger partial charge in [-0.1, -0.05) is 127 Å². The minimum Gasteiger partial charge on any atom is -0.456 e. The van der Waals surface area contributed by atoms with E-state index in [0.29, 0.717) is 17.5 Å². The molecule has 0 atom stereocenters. The third-order valence-electron chi connectivity index (χ3n) is 12.3. The summed E-state index contributed by atoms with van der Waals surface area (Å²) < 4.78 is 12.6. The van der Waals surface area contributed by atoms with Crippen molar-refractivity contribution in [1.82, 2.24) is 23.9 Å². The summed E-state index contributed by atoms with van der Waals surface area (Å²) >= 11 is 1.87. The van der Waals surface area contributed by atoms with Crippen molar-refractivity contribution >= 4 is 103 Å². The van der Waals surface area contributed by atoms with Crippen molar-refractivity contribution < 1.29 is 4.42 Å². The van der Waals surface area contributed by atoms with Gasteiger partial charge in [0.1, 0.15) is 16.0 Å². The Morgan fingerprint density at radius 1 is 0.400 bits per heavy atom. The number of fused-ring (bicyclic) bond motifs is 11. The summed E-state index contributed by atoms with van der Waals surface area (Å²) in [5.41, 5.74) is 10.1. The summed E-state index contributed by atoms with van der Waals surface area (Å²) in [6, 6.07) is 62.1. The van der Waals surface area contributed by atoms with Gasteiger partial charge in [-0.2, -0.15) is 0 Å². The van der Waals surface area contributed by atoms with Crippen molar-refractivity contribution in [2.75, 3.05) is 0 Å². The average molecular weight is 784 g/mol. The minimum absolute atomic E-state index is 0.591. The lowest BCUT2D eigenvalue weighted by atomic mass is 10.0. The molecule has 0 aliphatic heterocycles. The molecule has 14 rings (SSSR count). The van der Waals surface area contributed by atoms with Crippen LogP contribution in [0.15, 0.2) is 180 Å². The molecule has 0 amide bonds. The van der Waals surface area contributed by atoms with E-state index in [1.807, 2.05) is 59.9 Å². The van der Waals surface area contributed by atoms with Crippen molar-refractivity contribution in [1.29, 1.82) is 0 Å². The van der Waals surface area contributed by atoms with Crippen LogP contribution in [0.5, 0.6) is 0 Å². The molecule has 14 aromatic rings. The van der Waals surface area contributed by atoms with Gasteiger partial charge < -0.3 is 8.98 Å². The molecule has 60 heavy (non-hydrogen) atoms. The van der Waals surface area contributed by atoms with Crippen molar-refractivity contribution in [3.8, 4) is 39.9 Å². The normalized spacial score (nSPS) is 12.3. The molecule has 0 N–H and O–H groups in total. The van der Waals surface area contributed by atoms with E-state index in [1.165, 1.54) is 58.3 Å². The average Bonchev–Trinajstić information content (AvgIpc) is 4.04. The highest BCUT2D eigenvalue weighted by Gasteiger charge is 2.26. The van der Waals surface area contributed by atoms with Gasteiger partial charge in [-0.3, -0.25) is 4.40 Å². The third-order valence-corrected chi connectivity index (χ3v) is 13.5. The van der Waals surface area contributed by atoms with Crippen LogP contribution in [0.25, 0.3) is 131 Å². The number of rotatable bonds is 4. The van der Waals surface area contributed by atoms with E-state index >= 15 is 0 Å². The van der Waals surface area contributed by atoms with Gasteiger partial charge in [0.05, 0.1) is 27.8 Å². The first-order valence-electron chi connectivity index (χ1n) is 20.1. The molecule has 0 radical (unpaired) electrons. The highest BCUT2D eigenvalue weighted by molar-refractivity contribution is 7.25. The van der Waals surface area contributed by atoms with E-state index in [2.05, 4.69) is 136 Å². The van der Waals surface area contributed by atoms with E-state index in [4.69, 9.17) is 19.4 Å². The number of hydrogen-bond donors (Lipinski definition) is 0. The fraction of sp³-hybridized carbons (Fsp3) is 0. The molecule has 6 aromatic heterocycles.